The van der Waals surface area contributed by atoms with Crippen LogP contribution < -0.4 is 10.9 Å². The molecule has 0 unspecified atom stereocenters. The van der Waals surface area contributed by atoms with Gasteiger partial charge in [0.15, 0.2) is 0 Å². The van der Waals surface area contributed by atoms with Crippen LogP contribution in [0.25, 0.3) is 10.8 Å². The fourth-order valence-corrected chi connectivity index (χ4v) is 2.68. The minimum absolute atomic E-state index is 0.0858. The van der Waals surface area contributed by atoms with Gasteiger partial charge in [0.25, 0.3) is 11.5 Å². The number of carbonyl (C=O) groups excluding carboxylic acids is 1. The molecular formula is C20H17N3O2. The van der Waals surface area contributed by atoms with E-state index in [0.29, 0.717) is 22.0 Å². The maximum atomic E-state index is 12.4. The van der Waals surface area contributed by atoms with Crippen molar-refractivity contribution in [2.24, 2.45) is 0 Å². The van der Waals surface area contributed by atoms with E-state index < -0.39 is 0 Å². The summed E-state index contributed by atoms with van der Waals surface area (Å²) in [6, 6.07) is 14.5. The number of amides is 1. The number of fused-ring (bicyclic) bond motifs is 1. The molecule has 0 spiro atoms. The average molecular weight is 331 g/mol. The zero-order chi connectivity index (χ0) is 17.8. The number of aromatic nitrogens is 2. The lowest BCUT2D eigenvalue weighted by Gasteiger charge is -2.10. The molecule has 1 aromatic heterocycles. The maximum absolute atomic E-state index is 12.4. The van der Waals surface area contributed by atoms with Crippen LogP contribution in [0, 0.1) is 19.3 Å². The first kappa shape index (κ1) is 16.5. The second-order valence-electron chi connectivity index (χ2n) is 5.71. The summed E-state index contributed by atoms with van der Waals surface area (Å²) in [5.41, 5.74) is 1.97. The summed E-state index contributed by atoms with van der Waals surface area (Å²) < 4.78 is 1.25. The third-order valence-electron chi connectivity index (χ3n) is 3.88. The molecule has 25 heavy (non-hydrogen) atoms. The molecule has 0 atom stereocenters. The number of nitrogens with zero attached hydrogens (tertiary/aromatic N) is 2. The number of aryl methyl sites for hydroxylation is 1. The lowest BCUT2D eigenvalue weighted by atomic mass is 10.1. The van der Waals surface area contributed by atoms with Crippen molar-refractivity contribution in [3.63, 3.8) is 0 Å². The van der Waals surface area contributed by atoms with E-state index in [4.69, 9.17) is 6.42 Å². The van der Waals surface area contributed by atoms with Crippen LogP contribution in [0.1, 0.15) is 21.6 Å². The number of benzene rings is 2. The maximum Gasteiger partial charge on any atom is 0.275 e. The van der Waals surface area contributed by atoms with Crippen molar-refractivity contribution >= 4 is 16.7 Å². The Morgan fingerprint density at radius 2 is 1.96 bits per heavy atom. The van der Waals surface area contributed by atoms with E-state index in [-0.39, 0.29) is 24.6 Å². The molecule has 3 aromatic rings. The summed E-state index contributed by atoms with van der Waals surface area (Å²) in [6.07, 6.45) is 5.32. The molecule has 2 aromatic carbocycles. The molecule has 0 fully saturated rings. The third-order valence-corrected chi connectivity index (χ3v) is 3.88. The van der Waals surface area contributed by atoms with E-state index in [1.165, 1.54) is 4.68 Å². The van der Waals surface area contributed by atoms with Gasteiger partial charge in [-0.05, 0) is 25.1 Å². The minimum atomic E-state index is -0.234. The van der Waals surface area contributed by atoms with Gasteiger partial charge in [-0.3, -0.25) is 9.59 Å². The van der Waals surface area contributed by atoms with E-state index in [1.807, 2.05) is 37.3 Å². The second kappa shape index (κ2) is 7.02. The van der Waals surface area contributed by atoms with Crippen molar-refractivity contribution in [2.75, 3.05) is 0 Å². The van der Waals surface area contributed by atoms with E-state index in [0.717, 1.165) is 5.56 Å². The van der Waals surface area contributed by atoms with Crippen molar-refractivity contribution in [3.05, 3.63) is 75.7 Å². The number of hydrogen-bond acceptors (Lipinski definition) is 3. The Hall–Kier alpha value is -3.39. The molecule has 124 valence electrons. The van der Waals surface area contributed by atoms with E-state index in [9.17, 15) is 9.59 Å². The van der Waals surface area contributed by atoms with Gasteiger partial charge >= 0.3 is 0 Å². The van der Waals surface area contributed by atoms with Crippen LogP contribution in [0.2, 0.25) is 0 Å². The zero-order valence-corrected chi connectivity index (χ0v) is 13.8. The van der Waals surface area contributed by atoms with Gasteiger partial charge in [0.1, 0.15) is 6.54 Å². The van der Waals surface area contributed by atoms with Crippen molar-refractivity contribution in [2.45, 2.75) is 20.0 Å². The normalized spacial score (nSPS) is 10.4. The Kier molecular flexibility index (Phi) is 4.62. The highest BCUT2D eigenvalue weighted by atomic mass is 16.1. The van der Waals surface area contributed by atoms with Crippen LogP contribution in [0.3, 0.4) is 0 Å². The molecule has 1 heterocycles. The molecule has 0 aliphatic heterocycles. The van der Waals surface area contributed by atoms with Gasteiger partial charge in [0.05, 0.1) is 17.6 Å². The Bertz CT molecular complexity index is 1040. The fraction of sp³-hybridized carbons (Fsp3) is 0.150. The van der Waals surface area contributed by atoms with Crippen LogP contribution in [0.5, 0.6) is 0 Å². The Morgan fingerprint density at radius 3 is 2.68 bits per heavy atom. The summed E-state index contributed by atoms with van der Waals surface area (Å²) in [6.45, 7) is 2.22. The van der Waals surface area contributed by atoms with Crippen molar-refractivity contribution in [1.82, 2.24) is 15.1 Å². The lowest BCUT2D eigenvalue weighted by molar-refractivity contribution is 0.0950. The second-order valence-corrected chi connectivity index (χ2v) is 5.71. The summed E-state index contributed by atoms with van der Waals surface area (Å²) in [7, 11) is 0. The Balaban J connectivity index is 1.93. The summed E-state index contributed by atoms with van der Waals surface area (Å²) in [4.78, 5) is 24.7. The smallest absolute Gasteiger partial charge is 0.275 e. The summed E-state index contributed by atoms with van der Waals surface area (Å²) >= 11 is 0. The topological polar surface area (TPSA) is 64.0 Å². The SMILES string of the molecule is C#CCn1nc(CNC(=O)c2cccc(C)c2)c2ccccc2c1=O. The average Bonchev–Trinajstić information content (AvgIpc) is 2.63. The Labute approximate surface area is 145 Å². The zero-order valence-electron chi connectivity index (χ0n) is 13.8. The van der Waals surface area contributed by atoms with Crippen LogP contribution in [-0.2, 0) is 13.1 Å². The highest BCUT2D eigenvalue weighted by Gasteiger charge is 2.12. The van der Waals surface area contributed by atoms with Gasteiger partial charge in [-0.15, -0.1) is 6.42 Å². The highest BCUT2D eigenvalue weighted by Crippen LogP contribution is 2.13. The molecule has 1 N–H and O–H groups in total. The standard InChI is InChI=1S/C20H17N3O2/c1-3-11-23-20(25)17-10-5-4-9-16(17)18(22-23)13-21-19(24)15-8-6-7-14(2)12-15/h1,4-10,12H,11,13H2,2H3,(H,21,24). The molecule has 0 radical (unpaired) electrons. The predicted octanol–water partition coefficient (Wildman–Crippen LogP) is 2.27. The number of terminal acetylenes is 1. The molecule has 0 saturated heterocycles. The van der Waals surface area contributed by atoms with Gasteiger partial charge in [0.2, 0.25) is 0 Å². The van der Waals surface area contributed by atoms with Gasteiger partial charge in [-0.2, -0.15) is 5.10 Å². The van der Waals surface area contributed by atoms with E-state index in [1.54, 1.807) is 18.2 Å². The molecule has 1 amide bonds. The number of nitrogens with one attached hydrogen (secondary N) is 1. The predicted molar refractivity (Wildman–Crippen MR) is 97.2 cm³/mol. The first-order valence-corrected chi connectivity index (χ1v) is 7.87. The minimum Gasteiger partial charge on any atom is -0.346 e. The van der Waals surface area contributed by atoms with Crippen LogP contribution in [0.4, 0.5) is 0 Å². The summed E-state index contributed by atoms with van der Waals surface area (Å²) in [5, 5.41) is 8.42. The van der Waals surface area contributed by atoms with Crippen LogP contribution in [0.15, 0.2) is 53.3 Å². The van der Waals surface area contributed by atoms with E-state index >= 15 is 0 Å². The third kappa shape index (κ3) is 3.43. The van der Waals surface area contributed by atoms with Gasteiger partial charge in [-0.1, -0.05) is 41.8 Å². The molecule has 0 aliphatic carbocycles. The number of carbonyl (C=O) groups is 1. The Morgan fingerprint density at radius 1 is 1.20 bits per heavy atom. The van der Waals surface area contributed by atoms with Crippen molar-refractivity contribution < 1.29 is 4.79 Å². The number of rotatable bonds is 4. The highest BCUT2D eigenvalue weighted by molar-refractivity contribution is 5.94. The summed E-state index contributed by atoms with van der Waals surface area (Å²) in [5.74, 6) is 2.24. The molecule has 0 aliphatic rings. The fourth-order valence-electron chi connectivity index (χ4n) is 2.68. The quantitative estimate of drug-likeness (QED) is 0.746. The van der Waals surface area contributed by atoms with Crippen LogP contribution >= 0.6 is 0 Å². The molecule has 0 bridgehead atoms. The van der Waals surface area contributed by atoms with Gasteiger partial charge in [-0.25, -0.2) is 4.68 Å². The van der Waals surface area contributed by atoms with Crippen LogP contribution in [-0.4, -0.2) is 15.7 Å². The molecule has 5 nitrogen and oxygen atoms in total. The molecule has 0 saturated carbocycles. The van der Waals surface area contributed by atoms with E-state index in [2.05, 4.69) is 16.3 Å². The van der Waals surface area contributed by atoms with Gasteiger partial charge in [0, 0.05) is 10.9 Å². The molecular weight excluding hydrogens is 314 g/mol. The first-order chi connectivity index (χ1) is 12.1. The molecule has 5 heteroatoms. The first-order valence-electron chi connectivity index (χ1n) is 7.87. The number of hydrogen-bond donors (Lipinski definition) is 1. The van der Waals surface area contributed by atoms with Gasteiger partial charge < -0.3 is 5.32 Å². The molecule has 3 rings (SSSR count). The largest absolute Gasteiger partial charge is 0.346 e. The van der Waals surface area contributed by atoms with Crippen molar-refractivity contribution in [1.29, 1.82) is 0 Å². The van der Waals surface area contributed by atoms with Crippen molar-refractivity contribution in [3.8, 4) is 12.3 Å². The lowest BCUT2D eigenvalue weighted by Crippen LogP contribution is -2.28. The monoisotopic (exact) mass is 331 g/mol.